The van der Waals surface area contributed by atoms with Crippen LogP contribution in [-0.2, 0) is 6.42 Å². The molecule has 1 aromatic carbocycles. The van der Waals surface area contributed by atoms with E-state index in [4.69, 9.17) is 9.47 Å². The van der Waals surface area contributed by atoms with Gasteiger partial charge in [-0.25, -0.2) is 0 Å². The van der Waals surface area contributed by atoms with Crippen LogP contribution in [0.5, 0.6) is 11.5 Å². The number of ether oxygens (including phenoxy) is 2. The summed E-state index contributed by atoms with van der Waals surface area (Å²) in [4.78, 5) is 15.2. The minimum atomic E-state index is 0.0820. The Morgan fingerprint density at radius 2 is 2.07 bits per heavy atom. The molecule has 3 aliphatic rings. The Hall–Kier alpha value is -2.43. The fraction of sp³-hybridized carbons (Fsp3) is 0.500. The van der Waals surface area contributed by atoms with E-state index in [1.54, 1.807) is 0 Å². The Balaban J connectivity index is 1.32. The van der Waals surface area contributed by atoms with Crippen LogP contribution in [0.3, 0.4) is 0 Å². The maximum absolute atomic E-state index is 13.2. The van der Waals surface area contributed by atoms with Crippen molar-refractivity contribution in [2.45, 2.75) is 45.1 Å². The number of fused-ring (bicyclic) bond motifs is 1. The summed E-state index contributed by atoms with van der Waals surface area (Å²) in [5, 5.41) is 0. The molecule has 0 N–H and O–H groups in total. The van der Waals surface area contributed by atoms with Crippen molar-refractivity contribution in [2.75, 3.05) is 19.9 Å². The largest absolute Gasteiger partial charge is 0.454 e. The van der Waals surface area contributed by atoms with Crippen LogP contribution in [0.4, 0.5) is 0 Å². The van der Waals surface area contributed by atoms with Crippen molar-refractivity contribution in [2.24, 2.45) is 5.41 Å². The highest BCUT2D eigenvalue weighted by Crippen LogP contribution is 2.39. The maximum Gasteiger partial charge on any atom is 0.270 e. The fourth-order valence-corrected chi connectivity index (χ4v) is 4.59. The first-order valence-corrected chi connectivity index (χ1v) is 9.96. The van der Waals surface area contributed by atoms with Gasteiger partial charge in [-0.15, -0.1) is 0 Å². The molecule has 1 aliphatic carbocycles. The summed E-state index contributed by atoms with van der Waals surface area (Å²) in [6, 6.07) is 10.7. The molecule has 5 nitrogen and oxygen atoms in total. The van der Waals surface area contributed by atoms with Gasteiger partial charge in [0.05, 0.1) is 0 Å². The van der Waals surface area contributed by atoms with Crippen LogP contribution < -0.4 is 9.47 Å². The van der Waals surface area contributed by atoms with Crippen LogP contribution in [0.25, 0.3) is 0 Å². The minimum absolute atomic E-state index is 0.0820. The number of nitrogens with zero attached hydrogens (tertiary/aromatic N) is 2. The quantitative estimate of drug-likeness (QED) is 0.820. The third-order valence-corrected chi connectivity index (χ3v) is 6.07. The molecular formula is C22H26N2O3. The SMILES string of the molecule is C[C@]1(Cc2ccc3c(c2)OCO3)CCCN(C(=O)c2cccn2C2CC2)C1. The highest BCUT2D eigenvalue weighted by atomic mass is 16.7. The molecule has 1 atom stereocenters. The van der Waals surface area contributed by atoms with Gasteiger partial charge in [0.1, 0.15) is 5.69 Å². The van der Waals surface area contributed by atoms with Gasteiger partial charge in [-0.2, -0.15) is 0 Å². The van der Waals surface area contributed by atoms with Crippen molar-refractivity contribution in [3.05, 3.63) is 47.8 Å². The minimum Gasteiger partial charge on any atom is -0.454 e. The van der Waals surface area contributed by atoms with Crippen molar-refractivity contribution < 1.29 is 14.3 Å². The summed E-state index contributed by atoms with van der Waals surface area (Å²) < 4.78 is 13.1. The zero-order valence-corrected chi connectivity index (χ0v) is 15.8. The second-order valence-corrected chi connectivity index (χ2v) is 8.54. The molecule has 142 valence electrons. The molecule has 2 fully saturated rings. The number of carbonyl (C=O) groups is 1. The molecular weight excluding hydrogens is 340 g/mol. The number of likely N-dealkylation sites (tertiary alicyclic amines) is 1. The lowest BCUT2D eigenvalue weighted by molar-refractivity contribution is 0.0540. The number of aromatic nitrogens is 1. The molecule has 5 rings (SSSR count). The van der Waals surface area contributed by atoms with Crippen LogP contribution in [0.15, 0.2) is 36.5 Å². The van der Waals surface area contributed by atoms with Gasteiger partial charge in [0, 0.05) is 25.3 Å². The summed E-state index contributed by atoms with van der Waals surface area (Å²) in [5.41, 5.74) is 2.18. The third-order valence-electron chi connectivity index (χ3n) is 6.07. The monoisotopic (exact) mass is 366 g/mol. The van der Waals surface area contributed by atoms with Crippen LogP contribution in [-0.4, -0.2) is 35.3 Å². The zero-order valence-electron chi connectivity index (χ0n) is 15.8. The summed E-state index contributed by atoms with van der Waals surface area (Å²) in [5.74, 6) is 1.84. The van der Waals surface area contributed by atoms with Gasteiger partial charge in [0.2, 0.25) is 6.79 Å². The Kier molecular flexibility index (Phi) is 3.92. The Morgan fingerprint density at radius 1 is 1.22 bits per heavy atom. The van der Waals surface area contributed by atoms with E-state index >= 15 is 0 Å². The van der Waals surface area contributed by atoms with E-state index in [0.29, 0.717) is 12.8 Å². The standard InChI is InChI=1S/C22H26N2O3/c1-22(13-16-5-8-19-20(12-16)27-15-26-19)9-3-10-23(14-22)21(25)18-4-2-11-24(18)17-6-7-17/h2,4-5,8,11-12,17H,3,6-7,9-10,13-15H2,1H3/t22-/m1/s1. The smallest absolute Gasteiger partial charge is 0.270 e. The molecule has 27 heavy (non-hydrogen) atoms. The highest BCUT2D eigenvalue weighted by Gasteiger charge is 2.35. The summed E-state index contributed by atoms with van der Waals surface area (Å²) in [6.07, 6.45) is 7.57. The van der Waals surface area contributed by atoms with Crippen molar-refractivity contribution in [1.29, 1.82) is 0 Å². The average molecular weight is 366 g/mol. The van der Waals surface area contributed by atoms with Crippen molar-refractivity contribution in [3.8, 4) is 11.5 Å². The van der Waals surface area contributed by atoms with Gasteiger partial charge in [-0.05, 0) is 67.3 Å². The van der Waals surface area contributed by atoms with Crippen molar-refractivity contribution in [1.82, 2.24) is 9.47 Å². The Labute approximate surface area is 159 Å². The fourth-order valence-electron chi connectivity index (χ4n) is 4.59. The predicted molar refractivity (Wildman–Crippen MR) is 102 cm³/mol. The van der Waals surface area contributed by atoms with Gasteiger partial charge >= 0.3 is 0 Å². The predicted octanol–water partition coefficient (Wildman–Crippen LogP) is 4.04. The molecule has 0 bridgehead atoms. The van der Waals surface area contributed by atoms with E-state index in [-0.39, 0.29) is 11.3 Å². The molecule has 1 saturated carbocycles. The second kappa shape index (κ2) is 6.32. The normalized spacial score (nSPS) is 24.3. The number of piperidine rings is 1. The Morgan fingerprint density at radius 3 is 2.93 bits per heavy atom. The highest BCUT2D eigenvalue weighted by molar-refractivity contribution is 5.93. The topological polar surface area (TPSA) is 43.7 Å². The van der Waals surface area contributed by atoms with Crippen LogP contribution in [0.1, 0.15) is 54.7 Å². The van der Waals surface area contributed by atoms with E-state index in [1.807, 2.05) is 18.2 Å². The van der Waals surface area contributed by atoms with Gasteiger partial charge in [-0.3, -0.25) is 4.79 Å². The molecule has 2 aromatic rings. The van der Waals surface area contributed by atoms with Crippen molar-refractivity contribution in [3.63, 3.8) is 0 Å². The number of carbonyl (C=O) groups excluding carboxylic acids is 1. The molecule has 1 amide bonds. The number of amides is 1. The lowest BCUT2D eigenvalue weighted by Gasteiger charge is -2.41. The number of rotatable bonds is 4. The first kappa shape index (κ1) is 16.7. The summed E-state index contributed by atoms with van der Waals surface area (Å²) >= 11 is 0. The Bertz CT molecular complexity index is 870. The van der Waals surface area contributed by atoms with Gasteiger partial charge in [0.25, 0.3) is 5.91 Å². The summed E-state index contributed by atoms with van der Waals surface area (Å²) in [7, 11) is 0. The third kappa shape index (κ3) is 3.20. The van der Waals surface area contributed by atoms with Crippen LogP contribution in [0.2, 0.25) is 0 Å². The molecule has 3 heterocycles. The van der Waals surface area contributed by atoms with E-state index in [1.165, 1.54) is 18.4 Å². The number of hydrogen-bond acceptors (Lipinski definition) is 3. The molecule has 1 saturated heterocycles. The molecule has 2 aliphatic heterocycles. The van der Waals surface area contributed by atoms with E-state index < -0.39 is 0 Å². The molecule has 0 unspecified atom stereocenters. The van der Waals surface area contributed by atoms with E-state index in [0.717, 1.165) is 49.5 Å². The maximum atomic E-state index is 13.2. The van der Waals surface area contributed by atoms with Gasteiger partial charge < -0.3 is 18.9 Å². The van der Waals surface area contributed by atoms with Crippen molar-refractivity contribution >= 4 is 5.91 Å². The summed E-state index contributed by atoms with van der Waals surface area (Å²) in [6.45, 7) is 4.26. The molecule has 0 spiro atoms. The zero-order chi connectivity index (χ0) is 18.4. The van der Waals surface area contributed by atoms with Gasteiger partial charge in [0.15, 0.2) is 11.5 Å². The number of hydrogen-bond donors (Lipinski definition) is 0. The van der Waals surface area contributed by atoms with Gasteiger partial charge in [-0.1, -0.05) is 13.0 Å². The first-order chi connectivity index (χ1) is 13.1. The van der Waals surface area contributed by atoms with Crippen LogP contribution in [0, 0.1) is 5.41 Å². The van der Waals surface area contributed by atoms with Crippen LogP contribution >= 0.6 is 0 Å². The number of benzene rings is 1. The second-order valence-electron chi connectivity index (χ2n) is 8.54. The molecule has 5 heteroatoms. The molecule has 1 aromatic heterocycles. The lowest BCUT2D eigenvalue weighted by atomic mass is 9.77. The average Bonchev–Trinajstić information content (AvgIpc) is 3.20. The first-order valence-electron chi connectivity index (χ1n) is 9.96. The molecule has 0 radical (unpaired) electrons. The van der Waals surface area contributed by atoms with E-state index in [2.05, 4.69) is 34.7 Å². The van der Waals surface area contributed by atoms with E-state index in [9.17, 15) is 4.79 Å². The lowest BCUT2D eigenvalue weighted by Crippen LogP contribution is -2.46.